The second-order valence-electron chi connectivity index (χ2n) is 5.51. The van der Waals surface area contributed by atoms with Crippen LogP contribution in [0.15, 0.2) is 0 Å². The zero-order valence-corrected chi connectivity index (χ0v) is 13.6. The molecule has 0 spiro atoms. The fraction of sp³-hybridized carbons (Fsp3) is 0.500. The standard InChI is InChI=1S/C12H4F16N2O/c13-1-2(14)5(30)6(3(15)4(1)29)31-12(27,28)10(22,23)8(18,19)7(16,17)9(20,21)11(24,25)26/h29-30H2. The lowest BCUT2D eigenvalue weighted by Gasteiger charge is -2.39. The van der Waals surface area contributed by atoms with Crippen LogP contribution in [0.4, 0.5) is 81.6 Å². The smallest absolute Gasteiger partial charge is 0.422 e. The first kappa shape index (κ1) is 26.5. The summed E-state index contributed by atoms with van der Waals surface area (Å²) in [6.45, 7) is 0. The number of anilines is 2. The summed E-state index contributed by atoms with van der Waals surface area (Å²) in [6, 6.07) is 0. The van der Waals surface area contributed by atoms with E-state index in [0.717, 1.165) is 0 Å². The molecule has 0 aliphatic rings. The zero-order valence-electron chi connectivity index (χ0n) is 13.6. The molecule has 0 saturated carbocycles. The molecule has 1 rings (SSSR count). The summed E-state index contributed by atoms with van der Waals surface area (Å²) in [6.07, 6.45) is -14.9. The van der Waals surface area contributed by atoms with E-state index in [1.54, 1.807) is 0 Å². The van der Waals surface area contributed by atoms with Gasteiger partial charge < -0.3 is 16.2 Å². The minimum Gasteiger partial charge on any atom is -0.422 e. The summed E-state index contributed by atoms with van der Waals surface area (Å²) in [7, 11) is 0. The van der Waals surface area contributed by atoms with Gasteiger partial charge in [0.05, 0.1) is 0 Å². The van der Waals surface area contributed by atoms with Gasteiger partial charge in [-0.15, -0.1) is 0 Å². The molecule has 0 fully saturated rings. The molecule has 3 nitrogen and oxygen atoms in total. The van der Waals surface area contributed by atoms with Crippen molar-refractivity contribution in [1.29, 1.82) is 0 Å². The average molecular weight is 496 g/mol. The highest BCUT2D eigenvalue weighted by Gasteiger charge is 2.91. The molecule has 0 aliphatic heterocycles. The summed E-state index contributed by atoms with van der Waals surface area (Å²) in [5, 5.41) is 0. The van der Waals surface area contributed by atoms with Crippen LogP contribution in [-0.4, -0.2) is 36.0 Å². The van der Waals surface area contributed by atoms with Crippen molar-refractivity contribution in [2.45, 2.75) is 36.0 Å². The lowest BCUT2D eigenvalue weighted by Crippen LogP contribution is -2.70. The van der Waals surface area contributed by atoms with E-state index in [1.807, 2.05) is 0 Å². The fourth-order valence-electron chi connectivity index (χ4n) is 1.72. The van der Waals surface area contributed by atoms with Crippen molar-refractivity contribution in [3.05, 3.63) is 17.5 Å². The third-order valence-corrected chi connectivity index (χ3v) is 3.48. The Morgan fingerprint density at radius 2 is 0.839 bits per heavy atom. The summed E-state index contributed by atoms with van der Waals surface area (Å²) >= 11 is 0. The average Bonchev–Trinajstić information content (AvgIpc) is 2.60. The molecule has 0 atom stereocenters. The highest BCUT2D eigenvalue weighted by atomic mass is 19.4. The Labute approximate surface area is 158 Å². The van der Waals surface area contributed by atoms with Crippen LogP contribution in [0.5, 0.6) is 5.75 Å². The van der Waals surface area contributed by atoms with Crippen molar-refractivity contribution in [1.82, 2.24) is 0 Å². The molecule has 0 aliphatic carbocycles. The Morgan fingerprint density at radius 1 is 0.484 bits per heavy atom. The first-order chi connectivity index (χ1) is 13.4. The predicted octanol–water partition coefficient (Wildman–Crippen LogP) is 5.34. The Balaban J connectivity index is 3.63. The summed E-state index contributed by atoms with van der Waals surface area (Å²) in [5.74, 6) is -43.0. The molecule has 0 saturated heterocycles. The zero-order chi connectivity index (χ0) is 25.2. The SMILES string of the molecule is Nc1c(F)c(F)c(N)c(OC(F)(F)C(F)(F)C(F)(F)C(F)(F)C(F)(F)C(F)(F)F)c1F. The summed E-state index contributed by atoms with van der Waals surface area (Å²) in [4.78, 5) is 0. The van der Waals surface area contributed by atoms with Gasteiger partial charge in [-0.1, -0.05) is 0 Å². The molecular formula is C12H4F16N2O. The maximum Gasteiger partial charge on any atom is 0.471 e. The number of nitrogens with two attached hydrogens (primary N) is 2. The molecular weight excluding hydrogens is 492 g/mol. The number of hydrogen-bond acceptors (Lipinski definition) is 3. The highest BCUT2D eigenvalue weighted by Crippen LogP contribution is 2.60. The molecule has 180 valence electrons. The lowest BCUT2D eigenvalue weighted by atomic mass is 9.97. The van der Waals surface area contributed by atoms with Crippen molar-refractivity contribution in [3.8, 4) is 5.75 Å². The normalized spacial score (nSPS) is 14.7. The largest absolute Gasteiger partial charge is 0.471 e. The summed E-state index contributed by atoms with van der Waals surface area (Å²) in [5.41, 5.74) is 4.58. The first-order valence-corrected chi connectivity index (χ1v) is 6.76. The van der Waals surface area contributed by atoms with Gasteiger partial charge in [0.15, 0.2) is 23.2 Å². The Bertz CT molecular complexity index is 832. The number of benzene rings is 1. The van der Waals surface area contributed by atoms with Gasteiger partial charge in [0.2, 0.25) is 0 Å². The van der Waals surface area contributed by atoms with Crippen LogP contribution in [0, 0.1) is 17.5 Å². The predicted molar refractivity (Wildman–Crippen MR) is 66.6 cm³/mol. The van der Waals surface area contributed by atoms with E-state index in [1.165, 1.54) is 0 Å². The van der Waals surface area contributed by atoms with Gasteiger partial charge in [-0.05, 0) is 0 Å². The molecule has 4 N–H and O–H groups in total. The molecule has 0 amide bonds. The quantitative estimate of drug-likeness (QED) is 0.318. The van der Waals surface area contributed by atoms with Gasteiger partial charge in [0, 0.05) is 0 Å². The molecule has 0 unspecified atom stereocenters. The number of hydrogen-bond donors (Lipinski definition) is 2. The van der Waals surface area contributed by atoms with Crippen molar-refractivity contribution in [3.63, 3.8) is 0 Å². The fourth-order valence-corrected chi connectivity index (χ4v) is 1.72. The second-order valence-corrected chi connectivity index (χ2v) is 5.51. The molecule has 1 aromatic rings. The maximum absolute atomic E-state index is 13.6. The first-order valence-electron chi connectivity index (χ1n) is 6.76. The number of ether oxygens (including phenoxy) is 1. The van der Waals surface area contributed by atoms with Gasteiger partial charge in [-0.3, -0.25) is 0 Å². The molecule has 0 bridgehead atoms. The molecule has 0 radical (unpaired) electrons. The van der Waals surface area contributed by atoms with Crippen LogP contribution in [-0.2, 0) is 0 Å². The van der Waals surface area contributed by atoms with E-state index in [0.29, 0.717) is 0 Å². The van der Waals surface area contributed by atoms with E-state index in [9.17, 15) is 70.2 Å². The molecule has 0 aromatic heterocycles. The Morgan fingerprint density at radius 3 is 1.23 bits per heavy atom. The molecule has 31 heavy (non-hydrogen) atoms. The number of alkyl halides is 13. The van der Waals surface area contributed by atoms with Crippen LogP contribution in [0.2, 0.25) is 0 Å². The third kappa shape index (κ3) is 3.50. The van der Waals surface area contributed by atoms with E-state index in [2.05, 4.69) is 16.2 Å². The number of halogens is 16. The van der Waals surface area contributed by atoms with Crippen molar-refractivity contribution < 1.29 is 75.0 Å². The minimum absolute atomic E-state index is 2.12. The van der Waals surface area contributed by atoms with Crippen LogP contribution in [0.3, 0.4) is 0 Å². The minimum atomic E-state index is -8.25. The van der Waals surface area contributed by atoms with Gasteiger partial charge in [-0.25, -0.2) is 13.2 Å². The third-order valence-electron chi connectivity index (χ3n) is 3.48. The second kappa shape index (κ2) is 7.01. The highest BCUT2D eigenvalue weighted by molar-refractivity contribution is 5.63. The van der Waals surface area contributed by atoms with E-state index in [4.69, 9.17) is 0 Å². The Hall–Kier alpha value is -2.50. The van der Waals surface area contributed by atoms with Gasteiger partial charge >= 0.3 is 36.0 Å². The Kier molecular flexibility index (Phi) is 6.00. The monoisotopic (exact) mass is 496 g/mol. The lowest BCUT2D eigenvalue weighted by molar-refractivity contribution is -0.456. The van der Waals surface area contributed by atoms with Crippen LogP contribution < -0.4 is 16.2 Å². The van der Waals surface area contributed by atoms with Crippen molar-refractivity contribution in [2.75, 3.05) is 11.5 Å². The topological polar surface area (TPSA) is 61.3 Å². The van der Waals surface area contributed by atoms with Crippen LogP contribution >= 0.6 is 0 Å². The van der Waals surface area contributed by atoms with Gasteiger partial charge in [0.25, 0.3) is 0 Å². The number of rotatable bonds is 6. The van der Waals surface area contributed by atoms with E-state index < -0.39 is 70.6 Å². The van der Waals surface area contributed by atoms with Gasteiger partial charge in [-0.2, -0.15) is 57.1 Å². The molecule has 0 heterocycles. The maximum atomic E-state index is 13.6. The van der Waals surface area contributed by atoms with Gasteiger partial charge in [0.1, 0.15) is 11.4 Å². The van der Waals surface area contributed by atoms with Crippen molar-refractivity contribution >= 4 is 11.4 Å². The van der Waals surface area contributed by atoms with E-state index >= 15 is 0 Å². The van der Waals surface area contributed by atoms with Crippen LogP contribution in [0.25, 0.3) is 0 Å². The van der Waals surface area contributed by atoms with E-state index in [-0.39, 0.29) is 0 Å². The number of nitrogen functional groups attached to an aromatic ring is 2. The molecule has 1 aromatic carbocycles. The van der Waals surface area contributed by atoms with Crippen LogP contribution in [0.1, 0.15) is 0 Å². The molecule has 19 heteroatoms. The van der Waals surface area contributed by atoms with Crippen molar-refractivity contribution in [2.24, 2.45) is 0 Å². The summed E-state index contributed by atoms with van der Waals surface area (Å²) < 4.78 is 210.